The zero-order valence-electron chi connectivity index (χ0n) is 18.5. The van der Waals surface area contributed by atoms with Crippen molar-refractivity contribution in [1.82, 2.24) is 0 Å². The summed E-state index contributed by atoms with van der Waals surface area (Å²) in [6.07, 6.45) is 0.0539. The second kappa shape index (κ2) is 9.30. The van der Waals surface area contributed by atoms with Crippen LogP contribution < -0.4 is 19.5 Å². The van der Waals surface area contributed by atoms with Crippen LogP contribution in [-0.2, 0) is 19.6 Å². The van der Waals surface area contributed by atoms with Gasteiger partial charge in [0.05, 0.1) is 30.1 Å². The number of amides is 1. The molecule has 10 heteroatoms. The highest BCUT2D eigenvalue weighted by Crippen LogP contribution is 2.34. The zero-order valence-corrected chi connectivity index (χ0v) is 19.3. The Balaban J connectivity index is 1.22. The number of ether oxygens (including phenoxy) is 3. The third-order valence-electron chi connectivity index (χ3n) is 5.60. The molecule has 0 saturated carbocycles. The molecule has 35 heavy (non-hydrogen) atoms. The Morgan fingerprint density at radius 1 is 0.914 bits per heavy atom. The molecule has 0 unspecified atom stereocenters. The third kappa shape index (κ3) is 4.92. The van der Waals surface area contributed by atoms with E-state index in [0.717, 1.165) is 6.42 Å². The van der Waals surface area contributed by atoms with Crippen molar-refractivity contribution in [2.45, 2.75) is 23.8 Å². The molecule has 2 aliphatic rings. The van der Waals surface area contributed by atoms with Crippen LogP contribution in [-0.4, -0.2) is 33.5 Å². The van der Waals surface area contributed by atoms with Crippen molar-refractivity contribution < 1.29 is 32.2 Å². The summed E-state index contributed by atoms with van der Waals surface area (Å²) in [7, 11) is -3.87. The van der Waals surface area contributed by atoms with Crippen molar-refractivity contribution in [3.63, 3.8) is 0 Å². The summed E-state index contributed by atoms with van der Waals surface area (Å²) in [5, 5.41) is 2.74. The first-order valence-corrected chi connectivity index (χ1v) is 12.5. The van der Waals surface area contributed by atoms with Crippen LogP contribution in [0.4, 0.5) is 11.4 Å². The number of cyclic esters (lactones) is 1. The van der Waals surface area contributed by atoms with Gasteiger partial charge in [-0.05, 0) is 42.5 Å². The molecule has 0 fully saturated rings. The van der Waals surface area contributed by atoms with Gasteiger partial charge in [-0.1, -0.05) is 18.2 Å². The molecular weight excluding hydrogens is 472 g/mol. The standard InChI is InChI=1S/C25H22N2O7S/c28-24(15-22-19-4-1-2-5-20(19)25(29)34-22)26-16-6-8-17(9-7-16)27-35(30,31)18-10-11-21-23(14-18)33-13-3-12-32-21/h1-2,4-11,14,22,27H,3,12-13,15H2,(H,26,28)/t22-/m1/s1. The predicted molar refractivity (Wildman–Crippen MR) is 127 cm³/mol. The Kier molecular flexibility index (Phi) is 6.04. The molecule has 3 aromatic carbocycles. The van der Waals surface area contributed by atoms with Crippen LogP contribution in [0.3, 0.4) is 0 Å². The number of anilines is 2. The minimum absolute atomic E-state index is 0.0265. The van der Waals surface area contributed by atoms with Crippen molar-refractivity contribution >= 4 is 33.3 Å². The zero-order chi connectivity index (χ0) is 24.4. The number of nitrogens with one attached hydrogen (secondary N) is 2. The van der Waals surface area contributed by atoms with Crippen molar-refractivity contribution in [3.8, 4) is 11.5 Å². The first-order valence-electron chi connectivity index (χ1n) is 11.0. The van der Waals surface area contributed by atoms with Gasteiger partial charge in [-0.15, -0.1) is 0 Å². The first kappa shape index (κ1) is 22.7. The van der Waals surface area contributed by atoms with Gasteiger partial charge >= 0.3 is 5.97 Å². The van der Waals surface area contributed by atoms with E-state index in [1.54, 1.807) is 54.6 Å². The van der Waals surface area contributed by atoms with E-state index >= 15 is 0 Å². The maximum absolute atomic E-state index is 12.8. The lowest BCUT2D eigenvalue weighted by molar-refractivity contribution is -0.118. The average molecular weight is 495 g/mol. The maximum Gasteiger partial charge on any atom is 0.339 e. The van der Waals surface area contributed by atoms with Crippen molar-refractivity contribution in [3.05, 3.63) is 77.9 Å². The number of esters is 1. The quantitative estimate of drug-likeness (QED) is 0.499. The van der Waals surface area contributed by atoms with Crippen LogP contribution in [0.15, 0.2) is 71.6 Å². The molecule has 0 radical (unpaired) electrons. The summed E-state index contributed by atoms with van der Waals surface area (Å²) >= 11 is 0. The first-order chi connectivity index (χ1) is 16.9. The van der Waals surface area contributed by atoms with Gasteiger partial charge in [-0.2, -0.15) is 0 Å². The van der Waals surface area contributed by atoms with E-state index in [2.05, 4.69) is 10.0 Å². The minimum atomic E-state index is -3.87. The minimum Gasteiger partial charge on any atom is -0.490 e. The number of hydrogen-bond donors (Lipinski definition) is 2. The van der Waals surface area contributed by atoms with Gasteiger partial charge in [-0.3, -0.25) is 9.52 Å². The van der Waals surface area contributed by atoms with E-state index in [-0.39, 0.29) is 17.2 Å². The molecule has 180 valence electrons. The Morgan fingerprint density at radius 3 is 2.43 bits per heavy atom. The Morgan fingerprint density at radius 2 is 1.63 bits per heavy atom. The van der Waals surface area contributed by atoms with Gasteiger partial charge in [0.2, 0.25) is 5.91 Å². The molecular formula is C25H22N2O7S. The number of carbonyl (C=O) groups excluding carboxylic acids is 2. The highest BCUT2D eigenvalue weighted by atomic mass is 32.2. The van der Waals surface area contributed by atoms with Crippen LogP contribution >= 0.6 is 0 Å². The Bertz CT molecular complexity index is 1390. The third-order valence-corrected chi connectivity index (χ3v) is 6.98. The van der Waals surface area contributed by atoms with E-state index in [4.69, 9.17) is 14.2 Å². The largest absolute Gasteiger partial charge is 0.490 e. The maximum atomic E-state index is 12.8. The molecule has 2 N–H and O–H groups in total. The van der Waals surface area contributed by atoms with Crippen LogP contribution in [0.2, 0.25) is 0 Å². The van der Waals surface area contributed by atoms with Gasteiger partial charge in [-0.25, -0.2) is 13.2 Å². The number of sulfonamides is 1. The van der Waals surface area contributed by atoms with Crippen LogP contribution in [0.5, 0.6) is 11.5 Å². The van der Waals surface area contributed by atoms with E-state index in [1.165, 1.54) is 12.1 Å². The molecule has 2 heterocycles. The van der Waals surface area contributed by atoms with Crippen LogP contribution in [0.1, 0.15) is 34.9 Å². The van der Waals surface area contributed by atoms with E-state index in [0.29, 0.717) is 47.2 Å². The molecule has 0 aliphatic carbocycles. The summed E-state index contributed by atoms with van der Waals surface area (Å²) in [4.78, 5) is 24.5. The predicted octanol–water partition coefficient (Wildman–Crippen LogP) is 3.89. The fraction of sp³-hybridized carbons (Fsp3) is 0.200. The number of carbonyl (C=O) groups is 2. The van der Waals surface area contributed by atoms with Crippen molar-refractivity contribution in [1.29, 1.82) is 0 Å². The molecule has 3 aromatic rings. The summed E-state index contributed by atoms with van der Waals surface area (Å²) in [5.41, 5.74) is 1.96. The van der Waals surface area contributed by atoms with E-state index in [1.807, 2.05) is 0 Å². The fourth-order valence-corrected chi connectivity index (χ4v) is 4.97. The second-order valence-corrected chi connectivity index (χ2v) is 9.76. The lowest BCUT2D eigenvalue weighted by Gasteiger charge is -2.13. The molecule has 0 saturated heterocycles. The number of rotatable bonds is 6. The van der Waals surface area contributed by atoms with Gasteiger partial charge in [0, 0.05) is 29.4 Å². The normalized spacial score (nSPS) is 16.6. The summed E-state index contributed by atoms with van der Waals surface area (Å²) in [6.45, 7) is 0.964. The molecule has 0 aromatic heterocycles. The molecule has 2 aliphatic heterocycles. The summed E-state index contributed by atoms with van der Waals surface area (Å²) in [6, 6.07) is 17.7. The Hall–Kier alpha value is -4.05. The van der Waals surface area contributed by atoms with Crippen LogP contribution in [0.25, 0.3) is 0 Å². The number of hydrogen-bond acceptors (Lipinski definition) is 7. The molecule has 0 spiro atoms. The van der Waals surface area contributed by atoms with Gasteiger partial charge in [0.1, 0.15) is 6.10 Å². The molecule has 9 nitrogen and oxygen atoms in total. The summed E-state index contributed by atoms with van der Waals surface area (Å²) < 4.78 is 44.6. The highest BCUT2D eigenvalue weighted by molar-refractivity contribution is 7.92. The fourth-order valence-electron chi connectivity index (χ4n) is 3.90. The highest BCUT2D eigenvalue weighted by Gasteiger charge is 2.32. The SMILES string of the molecule is O=C(C[C@H]1OC(=O)c2ccccc21)Nc1ccc(NS(=O)(=O)c2ccc3c(c2)OCCCO3)cc1. The lowest BCUT2D eigenvalue weighted by Crippen LogP contribution is -2.16. The summed E-state index contributed by atoms with van der Waals surface area (Å²) in [5.74, 6) is 0.125. The molecule has 1 atom stereocenters. The van der Waals surface area contributed by atoms with Crippen LogP contribution in [0, 0.1) is 0 Å². The van der Waals surface area contributed by atoms with E-state index < -0.39 is 22.1 Å². The number of benzene rings is 3. The van der Waals surface area contributed by atoms with Crippen molar-refractivity contribution in [2.75, 3.05) is 23.3 Å². The Labute approximate surface area is 202 Å². The molecule has 1 amide bonds. The smallest absolute Gasteiger partial charge is 0.339 e. The second-order valence-electron chi connectivity index (χ2n) is 8.08. The van der Waals surface area contributed by atoms with E-state index in [9.17, 15) is 18.0 Å². The molecule has 5 rings (SSSR count). The van der Waals surface area contributed by atoms with Gasteiger partial charge in [0.25, 0.3) is 10.0 Å². The molecule has 0 bridgehead atoms. The van der Waals surface area contributed by atoms with Gasteiger partial charge in [0.15, 0.2) is 11.5 Å². The number of fused-ring (bicyclic) bond motifs is 2. The average Bonchev–Trinajstić information content (AvgIpc) is 3.00. The lowest BCUT2D eigenvalue weighted by atomic mass is 10.0. The topological polar surface area (TPSA) is 120 Å². The van der Waals surface area contributed by atoms with Gasteiger partial charge < -0.3 is 19.5 Å². The van der Waals surface area contributed by atoms with Crippen molar-refractivity contribution in [2.24, 2.45) is 0 Å². The monoisotopic (exact) mass is 494 g/mol.